The van der Waals surface area contributed by atoms with Crippen molar-refractivity contribution in [1.29, 1.82) is 0 Å². The van der Waals surface area contributed by atoms with Crippen molar-refractivity contribution in [2.24, 2.45) is 0 Å². The first kappa shape index (κ1) is 19.2. The zero-order valence-corrected chi connectivity index (χ0v) is 15.6. The van der Waals surface area contributed by atoms with Crippen molar-refractivity contribution in [2.75, 3.05) is 7.11 Å². The molecule has 2 atom stereocenters. The Hall–Kier alpha value is -2.13. The quantitative estimate of drug-likeness (QED) is 0.443. The van der Waals surface area contributed by atoms with Gasteiger partial charge in [-0.2, -0.15) is 0 Å². The van der Waals surface area contributed by atoms with Crippen LogP contribution in [0, 0.1) is 0 Å². The third-order valence-electron chi connectivity index (χ3n) is 4.66. The lowest BCUT2D eigenvalue weighted by Crippen LogP contribution is -2.11. The number of carbonyl (C=O) groups excluding carboxylic acids is 1. The molecular formula is C22H28O3. The molecule has 25 heavy (non-hydrogen) atoms. The summed E-state index contributed by atoms with van der Waals surface area (Å²) in [5.41, 5.74) is 2.70. The Kier molecular flexibility index (Phi) is 7.20. The van der Waals surface area contributed by atoms with Crippen LogP contribution in [0.4, 0.5) is 0 Å². The van der Waals surface area contributed by atoms with Crippen LogP contribution in [0.2, 0.25) is 0 Å². The maximum absolute atomic E-state index is 12.5. The number of rotatable bonds is 8. The number of hydrogen-bond donors (Lipinski definition) is 0. The van der Waals surface area contributed by atoms with Gasteiger partial charge in [0.1, 0.15) is 5.75 Å². The van der Waals surface area contributed by atoms with Crippen molar-refractivity contribution in [2.45, 2.75) is 52.1 Å². The lowest BCUT2D eigenvalue weighted by atomic mass is 9.91. The number of carbonyl (C=O) groups is 1. The number of para-hydroxylation sites is 1. The van der Waals surface area contributed by atoms with E-state index in [9.17, 15) is 4.79 Å². The SMILES string of the molecule is CCCC(CC)c1ccccc1OC(=O)c1ccc(C(C)OC)cc1. The number of hydrogen-bond acceptors (Lipinski definition) is 3. The van der Waals surface area contributed by atoms with E-state index in [1.807, 2.05) is 37.3 Å². The van der Waals surface area contributed by atoms with Crippen LogP contribution in [0.3, 0.4) is 0 Å². The summed E-state index contributed by atoms with van der Waals surface area (Å²) in [5.74, 6) is 0.761. The van der Waals surface area contributed by atoms with Crippen molar-refractivity contribution in [3.05, 3.63) is 65.2 Å². The zero-order valence-electron chi connectivity index (χ0n) is 15.6. The van der Waals surface area contributed by atoms with E-state index in [-0.39, 0.29) is 12.1 Å². The monoisotopic (exact) mass is 340 g/mol. The van der Waals surface area contributed by atoms with Gasteiger partial charge in [-0.3, -0.25) is 0 Å². The van der Waals surface area contributed by atoms with E-state index in [1.165, 1.54) is 0 Å². The minimum Gasteiger partial charge on any atom is -0.423 e. The Bertz CT molecular complexity index is 676. The number of ether oxygens (including phenoxy) is 2. The molecule has 0 N–H and O–H groups in total. The highest BCUT2D eigenvalue weighted by atomic mass is 16.5. The summed E-state index contributed by atoms with van der Waals surface area (Å²) in [4.78, 5) is 12.5. The molecule has 0 aliphatic carbocycles. The minimum atomic E-state index is -0.324. The van der Waals surface area contributed by atoms with Crippen molar-refractivity contribution in [3.8, 4) is 5.75 Å². The Labute approximate surface area is 151 Å². The first-order valence-electron chi connectivity index (χ1n) is 9.04. The highest BCUT2D eigenvalue weighted by Gasteiger charge is 2.17. The molecule has 0 saturated heterocycles. The predicted molar refractivity (Wildman–Crippen MR) is 101 cm³/mol. The first-order valence-corrected chi connectivity index (χ1v) is 9.04. The van der Waals surface area contributed by atoms with E-state index >= 15 is 0 Å². The van der Waals surface area contributed by atoms with Crippen molar-refractivity contribution in [3.63, 3.8) is 0 Å². The molecule has 0 spiro atoms. The van der Waals surface area contributed by atoms with Crippen LogP contribution in [-0.4, -0.2) is 13.1 Å². The van der Waals surface area contributed by atoms with E-state index in [4.69, 9.17) is 9.47 Å². The minimum absolute atomic E-state index is 0.00477. The zero-order chi connectivity index (χ0) is 18.2. The molecule has 0 aliphatic heterocycles. The summed E-state index contributed by atoms with van der Waals surface area (Å²) < 4.78 is 11.0. The number of benzene rings is 2. The predicted octanol–water partition coefficient (Wildman–Crippen LogP) is 5.91. The molecule has 0 amide bonds. The molecule has 0 bridgehead atoms. The topological polar surface area (TPSA) is 35.5 Å². The van der Waals surface area contributed by atoms with Gasteiger partial charge in [0.25, 0.3) is 0 Å². The van der Waals surface area contributed by atoms with Crippen LogP contribution in [0.5, 0.6) is 5.75 Å². The van der Waals surface area contributed by atoms with Crippen LogP contribution in [-0.2, 0) is 4.74 Å². The second-order valence-corrected chi connectivity index (χ2v) is 6.32. The average molecular weight is 340 g/mol. The van der Waals surface area contributed by atoms with E-state index in [0.717, 1.165) is 30.4 Å². The fourth-order valence-electron chi connectivity index (χ4n) is 3.02. The van der Waals surface area contributed by atoms with E-state index < -0.39 is 0 Å². The molecule has 134 valence electrons. The maximum Gasteiger partial charge on any atom is 0.343 e. The van der Waals surface area contributed by atoms with Crippen molar-refractivity contribution >= 4 is 5.97 Å². The third-order valence-corrected chi connectivity index (χ3v) is 4.66. The third kappa shape index (κ3) is 4.93. The molecule has 0 heterocycles. The van der Waals surface area contributed by atoms with Gasteiger partial charge in [0.2, 0.25) is 0 Å². The van der Waals surface area contributed by atoms with Crippen LogP contribution < -0.4 is 4.74 Å². The molecule has 2 rings (SSSR count). The van der Waals surface area contributed by atoms with Gasteiger partial charge in [-0.25, -0.2) is 4.79 Å². The molecule has 2 unspecified atom stereocenters. The summed E-state index contributed by atoms with van der Waals surface area (Å²) in [6.45, 7) is 6.33. The molecule has 0 aromatic heterocycles. The van der Waals surface area contributed by atoms with E-state index in [0.29, 0.717) is 17.2 Å². The molecule has 0 aliphatic rings. The molecule has 0 saturated carbocycles. The molecular weight excluding hydrogens is 312 g/mol. The smallest absolute Gasteiger partial charge is 0.343 e. The molecule has 2 aromatic carbocycles. The average Bonchev–Trinajstić information content (AvgIpc) is 2.66. The Balaban J connectivity index is 2.18. The molecule has 0 radical (unpaired) electrons. The molecule has 2 aromatic rings. The van der Waals surface area contributed by atoms with Crippen molar-refractivity contribution in [1.82, 2.24) is 0 Å². The van der Waals surface area contributed by atoms with Gasteiger partial charge in [0, 0.05) is 7.11 Å². The van der Waals surface area contributed by atoms with E-state index in [1.54, 1.807) is 19.2 Å². The summed E-state index contributed by atoms with van der Waals surface area (Å²) in [7, 11) is 1.67. The highest BCUT2D eigenvalue weighted by molar-refractivity contribution is 5.91. The highest BCUT2D eigenvalue weighted by Crippen LogP contribution is 2.32. The van der Waals surface area contributed by atoms with E-state index in [2.05, 4.69) is 19.9 Å². The second kappa shape index (κ2) is 9.38. The van der Waals surface area contributed by atoms with Gasteiger partial charge >= 0.3 is 5.97 Å². The summed E-state index contributed by atoms with van der Waals surface area (Å²) in [5, 5.41) is 0. The summed E-state index contributed by atoms with van der Waals surface area (Å²) >= 11 is 0. The van der Waals surface area contributed by atoms with Crippen LogP contribution in [0.25, 0.3) is 0 Å². The maximum atomic E-state index is 12.5. The van der Waals surface area contributed by atoms with Crippen LogP contribution >= 0.6 is 0 Å². The normalized spacial score (nSPS) is 13.3. The molecule has 0 fully saturated rings. The van der Waals surface area contributed by atoms with Gasteiger partial charge in [-0.1, -0.05) is 50.6 Å². The summed E-state index contributed by atoms with van der Waals surface area (Å²) in [6.07, 6.45) is 3.24. The van der Waals surface area contributed by atoms with Gasteiger partial charge in [0.15, 0.2) is 0 Å². The van der Waals surface area contributed by atoms with Crippen molar-refractivity contribution < 1.29 is 14.3 Å². The van der Waals surface area contributed by atoms with Gasteiger partial charge < -0.3 is 9.47 Å². The Morgan fingerprint density at radius 3 is 2.32 bits per heavy atom. The fourth-order valence-corrected chi connectivity index (χ4v) is 3.02. The standard InChI is InChI=1S/C22H28O3/c1-5-9-17(6-2)20-10-7-8-11-21(20)25-22(23)19-14-12-18(13-15-19)16(3)24-4/h7-8,10-17H,5-6,9H2,1-4H3. The Morgan fingerprint density at radius 1 is 1.04 bits per heavy atom. The number of esters is 1. The first-order chi connectivity index (χ1) is 12.1. The number of methoxy groups -OCH3 is 1. The largest absolute Gasteiger partial charge is 0.423 e. The van der Waals surface area contributed by atoms with Crippen LogP contribution in [0.15, 0.2) is 48.5 Å². The van der Waals surface area contributed by atoms with Gasteiger partial charge in [0.05, 0.1) is 11.7 Å². The molecule has 3 heteroatoms. The lowest BCUT2D eigenvalue weighted by Gasteiger charge is -2.18. The lowest BCUT2D eigenvalue weighted by molar-refractivity contribution is 0.0732. The Morgan fingerprint density at radius 2 is 1.72 bits per heavy atom. The van der Waals surface area contributed by atoms with Gasteiger partial charge in [-0.05, 0) is 55.0 Å². The fraction of sp³-hybridized carbons (Fsp3) is 0.409. The summed E-state index contributed by atoms with van der Waals surface area (Å²) in [6, 6.07) is 15.3. The van der Waals surface area contributed by atoms with Gasteiger partial charge in [-0.15, -0.1) is 0 Å². The molecule has 3 nitrogen and oxygen atoms in total. The second-order valence-electron chi connectivity index (χ2n) is 6.32. The van der Waals surface area contributed by atoms with Crippen LogP contribution in [0.1, 0.15) is 73.5 Å².